The summed E-state index contributed by atoms with van der Waals surface area (Å²) >= 11 is 3.57. The van der Waals surface area contributed by atoms with Gasteiger partial charge in [0.05, 0.1) is 5.69 Å². The molecule has 0 unspecified atom stereocenters. The molecule has 0 fully saturated rings. The lowest BCUT2D eigenvalue weighted by Crippen LogP contribution is -2.12. The average Bonchev–Trinajstić information content (AvgIpc) is 2.90. The van der Waals surface area contributed by atoms with Crippen molar-refractivity contribution in [2.45, 2.75) is 0 Å². The molecule has 0 radical (unpaired) electrons. The van der Waals surface area contributed by atoms with Crippen LogP contribution in [0.2, 0.25) is 0 Å². The third-order valence-corrected chi connectivity index (χ3v) is 6.59. The van der Waals surface area contributed by atoms with E-state index in [1.54, 1.807) is 0 Å². The number of fused-ring (bicyclic) bond motifs is 3. The van der Waals surface area contributed by atoms with E-state index in [0.717, 1.165) is 27.4 Å². The number of hydrogen-bond acceptors (Lipinski definition) is 2. The second kappa shape index (κ2) is 8.77. The lowest BCUT2D eigenvalue weighted by Gasteiger charge is -2.27. The van der Waals surface area contributed by atoms with Gasteiger partial charge in [0.1, 0.15) is 10.4 Å². The summed E-state index contributed by atoms with van der Waals surface area (Å²) in [5.41, 5.74) is 4.48. The zero-order chi connectivity index (χ0) is 22.9. The number of pyridine rings is 1. The molecule has 2 nitrogen and oxygen atoms in total. The molecule has 1 heterocycles. The van der Waals surface area contributed by atoms with Gasteiger partial charge in [0.25, 0.3) is 0 Å². The number of para-hydroxylation sites is 1. The van der Waals surface area contributed by atoms with Crippen molar-refractivity contribution in [1.82, 2.24) is 4.98 Å². The van der Waals surface area contributed by atoms with E-state index < -0.39 is 0 Å². The van der Waals surface area contributed by atoms with Crippen LogP contribution in [0.15, 0.2) is 132 Å². The number of aromatic nitrogens is 1. The van der Waals surface area contributed by atoms with Crippen LogP contribution in [-0.2, 0) is 0 Å². The van der Waals surface area contributed by atoms with Crippen LogP contribution in [-0.4, -0.2) is 4.98 Å². The molecular formula is C31H21BrN2. The summed E-state index contributed by atoms with van der Waals surface area (Å²) < 4.78 is 0.804. The van der Waals surface area contributed by atoms with Crippen LogP contribution in [0.3, 0.4) is 0 Å². The molecule has 0 bridgehead atoms. The number of nitrogens with zero attached hydrogens (tertiary/aromatic N) is 2. The smallest absolute Gasteiger partial charge is 0.138 e. The fraction of sp³-hybridized carbons (Fsp3) is 0. The summed E-state index contributed by atoms with van der Waals surface area (Å²) in [6.45, 7) is 0. The van der Waals surface area contributed by atoms with Gasteiger partial charge in [-0.15, -0.1) is 0 Å². The minimum Gasteiger partial charge on any atom is -0.294 e. The summed E-state index contributed by atoms with van der Waals surface area (Å²) in [5.74, 6) is 0.859. The lowest BCUT2D eigenvalue weighted by molar-refractivity contribution is 1.16. The standard InChI is InChI=1S/C31H21BrN2/c32-30-15-8-16-31(33-30)34(29-14-7-6-13-27(29)22-9-2-1-3-10-22)25-20-19-24-18-17-23-11-4-5-12-26(23)28(24)21-25/h1-21H. The summed E-state index contributed by atoms with van der Waals surface area (Å²) in [4.78, 5) is 7.09. The van der Waals surface area contributed by atoms with Crippen molar-refractivity contribution in [2.75, 3.05) is 4.90 Å². The Bertz CT molecular complexity index is 1630. The predicted molar refractivity (Wildman–Crippen MR) is 147 cm³/mol. The van der Waals surface area contributed by atoms with Gasteiger partial charge in [0, 0.05) is 11.3 Å². The molecule has 0 aliphatic carbocycles. The Hall–Kier alpha value is -3.95. The predicted octanol–water partition coefficient (Wildman–Crippen LogP) is 9.29. The van der Waals surface area contributed by atoms with Gasteiger partial charge in [-0.2, -0.15) is 0 Å². The van der Waals surface area contributed by atoms with Gasteiger partial charge in [-0.3, -0.25) is 4.90 Å². The van der Waals surface area contributed by atoms with Crippen molar-refractivity contribution >= 4 is 54.7 Å². The first kappa shape index (κ1) is 20.6. The maximum Gasteiger partial charge on any atom is 0.138 e. The van der Waals surface area contributed by atoms with E-state index in [1.807, 2.05) is 18.2 Å². The zero-order valence-corrected chi connectivity index (χ0v) is 20.0. The van der Waals surface area contributed by atoms with Crippen molar-refractivity contribution in [1.29, 1.82) is 0 Å². The third-order valence-electron chi connectivity index (χ3n) is 6.15. The molecule has 3 heteroatoms. The molecule has 0 aliphatic rings. The molecule has 6 aromatic rings. The maximum atomic E-state index is 4.85. The van der Waals surface area contributed by atoms with Crippen LogP contribution in [0.5, 0.6) is 0 Å². The Morgan fingerprint density at radius 1 is 0.559 bits per heavy atom. The summed E-state index contributed by atoms with van der Waals surface area (Å²) in [6, 6.07) is 44.7. The molecule has 34 heavy (non-hydrogen) atoms. The van der Waals surface area contributed by atoms with Gasteiger partial charge in [-0.1, -0.05) is 97.1 Å². The normalized spacial score (nSPS) is 11.1. The molecule has 0 aliphatic heterocycles. The van der Waals surface area contributed by atoms with Crippen molar-refractivity contribution in [3.8, 4) is 11.1 Å². The van der Waals surface area contributed by atoms with Gasteiger partial charge in [0.2, 0.25) is 0 Å². The highest BCUT2D eigenvalue weighted by atomic mass is 79.9. The van der Waals surface area contributed by atoms with Crippen molar-refractivity contribution < 1.29 is 0 Å². The van der Waals surface area contributed by atoms with E-state index in [4.69, 9.17) is 4.98 Å². The summed E-state index contributed by atoms with van der Waals surface area (Å²) in [6.07, 6.45) is 0. The monoisotopic (exact) mass is 500 g/mol. The Morgan fingerprint density at radius 2 is 1.26 bits per heavy atom. The van der Waals surface area contributed by atoms with Crippen LogP contribution in [0.25, 0.3) is 32.7 Å². The molecule has 0 amide bonds. The van der Waals surface area contributed by atoms with Gasteiger partial charge in [-0.25, -0.2) is 4.98 Å². The molecule has 0 saturated heterocycles. The molecule has 0 saturated carbocycles. The molecule has 162 valence electrons. The quantitative estimate of drug-likeness (QED) is 0.177. The second-order valence-electron chi connectivity index (χ2n) is 8.23. The van der Waals surface area contributed by atoms with Crippen LogP contribution in [0.1, 0.15) is 0 Å². The van der Waals surface area contributed by atoms with Crippen molar-refractivity contribution in [3.05, 3.63) is 132 Å². The van der Waals surface area contributed by atoms with E-state index in [-0.39, 0.29) is 0 Å². The van der Waals surface area contributed by atoms with Gasteiger partial charge in [-0.05, 0) is 73.4 Å². The van der Waals surface area contributed by atoms with E-state index >= 15 is 0 Å². The molecular weight excluding hydrogens is 480 g/mol. The van der Waals surface area contributed by atoms with Crippen LogP contribution >= 0.6 is 15.9 Å². The fourth-order valence-electron chi connectivity index (χ4n) is 4.58. The third kappa shape index (κ3) is 3.74. The minimum absolute atomic E-state index is 0.804. The maximum absolute atomic E-state index is 4.85. The van der Waals surface area contributed by atoms with E-state index in [9.17, 15) is 0 Å². The highest BCUT2D eigenvalue weighted by Gasteiger charge is 2.18. The van der Waals surface area contributed by atoms with Crippen molar-refractivity contribution in [2.24, 2.45) is 0 Å². The first-order chi connectivity index (χ1) is 16.8. The molecule has 0 spiro atoms. The number of anilines is 3. The number of benzene rings is 5. The van der Waals surface area contributed by atoms with E-state index in [2.05, 4.69) is 130 Å². The van der Waals surface area contributed by atoms with Crippen LogP contribution in [0.4, 0.5) is 17.2 Å². The SMILES string of the molecule is Brc1cccc(N(c2ccc3ccc4ccccc4c3c2)c2ccccc2-c2ccccc2)n1. The Morgan fingerprint density at radius 3 is 2.12 bits per heavy atom. The number of hydrogen-bond donors (Lipinski definition) is 0. The second-order valence-corrected chi connectivity index (χ2v) is 9.04. The number of rotatable bonds is 4. The van der Waals surface area contributed by atoms with Gasteiger partial charge >= 0.3 is 0 Å². The summed E-state index contributed by atoms with van der Waals surface area (Å²) in [5, 5.41) is 4.94. The van der Waals surface area contributed by atoms with Gasteiger partial charge in [0.15, 0.2) is 0 Å². The molecule has 1 aromatic heterocycles. The largest absolute Gasteiger partial charge is 0.294 e. The first-order valence-corrected chi connectivity index (χ1v) is 12.1. The lowest BCUT2D eigenvalue weighted by atomic mass is 10.00. The van der Waals surface area contributed by atoms with E-state index in [1.165, 1.54) is 27.1 Å². The fourth-order valence-corrected chi connectivity index (χ4v) is 4.91. The molecule has 6 rings (SSSR count). The minimum atomic E-state index is 0.804. The Kier molecular flexibility index (Phi) is 5.32. The zero-order valence-electron chi connectivity index (χ0n) is 18.4. The molecule has 0 atom stereocenters. The molecule has 5 aromatic carbocycles. The Balaban J connectivity index is 1.63. The van der Waals surface area contributed by atoms with Crippen LogP contribution < -0.4 is 4.90 Å². The van der Waals surface area contributed by atoms with Crippen LogP contribution in [0, 0.1) is 0 Å². The Labute approximate surface area is 207 Å². The highest BCUT2D eigenvalue weighted by Crippen LogP contribution is 2.41. The van der Waals surface area contributed by atoms with Gasteiger partial charge < -0.3 is 0 Å². The van der Waals surface area contributed by atoms with Crippen molar-refractivity contribution in [3.63, 3.8) is 0 Å². The van der Waals surface area contributed by atoms with E-state index in [0.29, 0.717) is 0 Å². The first-order valence-electron chi connectivity index (χ1n) is 11.3. The topological polar surface area (TPSA) is 16.1 Å². The number of halogens is 1. The highest BCUT2D eigenvalue weighted by molar-refractivity contribution is 9.10. The molecule has 0 N–H and O–H groups in total. The summed E-state index contributed by atoms with van der Waals surface area (Å²) in [7, 11) is 0. The average molecular weight is 501 g/mol.